The summed E-state index contributed by atoms with van der Waals surface area (Å²) in [6.45, 7) is 1.08. The molecular weight excluding hydrogens is 428 g/mol. The van der Waals surface area contributed by atoms with Crippen LogP contribution in [-0.4, -0.2) is 42.7 Å². The number of fused-ring (bicyclic) bond motifs is 1. The highest BCUT2D eigenvalue weighted by atomic mass is 32.2. The molecule has 5 rings (SSSR count). The summed E-state index contributed by atoms with van der Waals surface area (Å²) in [5.41, 5.74) is 1.80. The maximum absolute atomic E-state index is 13.2. The van der Waals surface area contributed by atoms with Gasteiger partial charge in [0.1, 0.15) is 30.8 Å². The standard InChI is InChI=1S/C24H22N2O5S/c1-28-17-6-4-16(5-7-17)19-14-20(21-3-2-10-29-21)26(25-19)24(27)15-32-18-8-9-22-23(13-18)31-12-11-30-22/h2-10,13,20H,11-12,14-15H2,1H3/t20-/m1/s1. The number of furan rings is 1. The van der Waals surface area contributed by atoms with E-state index in [0.29, 0.717) is 25.4 Å². The molecule has 0 fully saturated rings. The van der Waals surface area contributed by atoms with Crippen molar-refractivity contribution in [1.29, 1.82) is 0 Å². The average molecular weight is 451 g/mol. The van der Waals surface area contributed by atoms with Gasteiger partial charge in [-0.25, -0.2) is 5.01 Å². The van der Waals surface area contributed by atoms with E-state index in [1.54, 1.807) is 18.4 Å². The first-order valence-corrected chi connectivity index (χ1v) is 11.3. The second-order valence-electron chi connectivity index (χ2n) is 7.34. The quantitative estimate of drug-likeness (QED) is 0.514. The molecule has 1 amide bonds. The summed E-state index contributed by atoms with van der Waals surface area (Å²) in [6.07, 6.45) is 2.20. The van der Waals surface area contributed by atoms with Crippen molar-refractivity contribution in [3.05, 3.63) is 72.2 Å². The van der Waals surface area contributed by atoms with E-state index >= 15 is 0 Å². The summed E-state index contributed by atoms with van der Waals surface area (Å²) in [6, 6.07) is 16.8. The van der Waals surface area contributed by atoms with Gasteiger partial charge in [-0.2, -0.15) is 5.10 Å². The molecule has 0 saturated carbocycles. The minimum Gasteiger partial charge on any atom is -0.497 e. The Bertz CT molecular complexity index is 1130. The van der Waals surface area contributed by atoms with Crippen LogP contribution in [0.2, 0.25) is 0 Å². The Morgan fingerprint density at radius 2 is 1.94 bits per heavy atom. The second-order valence-corrected chi connectivity index (χ2v) is 8.39. The van der Waals surface area contributed by atoms with Crippen LogP contribution in [-0.2, 0) is 4.79 Å². The number of carbonyl (C=O) groups is 1. The van der Waals surface area contributed by atoms with Crippen LogP contribution < -0.4 is 14.2 Å². The van der Waals surface area contributed by atoms with E-state index in [0.717, 1.165) is 33.4 Å². The zero-order chi connectivity index (χ0) is 21.9. The fourth-order valence-electron chi connectivity index (χ4n) is 3.73. The number of nitrogens with zero attached hydrogens (tertiary/aromatic N) is 2. The summed E-state index contributed by atoms with van der Waals surface area (Å²) in [5.74, 6) is 3.10. The van der Waals surface area contributed by atoms with Gasteiger partial charge in [0.2, 0.25) is 0 Å². The van der Waals surface area contributed by atoms with Crippen LogP contribution in [0.3, 0.4) is 0 Å². The van der Waals surface area contributed by atoms with Gasteiger partial charge in [-0.1, -0.05) is 0 Å². The molecule has 1 atom stereocenters. The van der Waals surface area contributed by atoms with E-state index in [2.05, 4.69) is 5.10 Å². The van der Waals surface area contributed by atoms with Gasteiger partial charge in [0.25, 0.3) is 5.91 Å². The van der Waals surface area contributed by atoms with Gasteiger partial charge in [0.05, 0.1) is 24.8 Å². The summed E-state index contributed by atoms with van der Waals surface area (Å²) in [5, 5.41) is 6.22. The molecule has 7 nitrogen and oxygen atoms in total. The minimum atomic E-state index is -0.268. The predicted octanol–water partition coefficient (Wildman–Crippen LogP) is 4.53. The minimum absolute atomic E-state index is 0.0881. The Kier molecular flexibility index (Phi) is 5.77. The Hall–Kier alpha value is -3.39. The van der Waals surface area contributed by atoms with E-state index < -0.39 is 0 Å². The third kappa shape index (κ3) is 4.18. The number of carbonyl (C=O) groups excluding carboxylic acids is 1. The molecule has 0 N–H and O–H groups in total. The lowest BCUT2D eigenvalue weighted by atomic mass is 10.0. The smallest absolute Gasteiger partial charge is 0.253 e. The van der Waals surface area contributed by atoms with Crippen LogP contribution in [0.5, 0.6) is 17.2 Å². The largest absolute Gasteiger partial charge is 0.497 e. The Balaban J connectivity index is 1.33. The molecule has 8 heteroatoms. The molecule has 32 heavy (non-hydrogen) atoms. The number of hydrogen-bond donors (Lipinski definition) is 0. The molecule has 0 spiro atoms. The van der Waals surface area contributed by atoms with Gasteiger partial charge in [-0.05, 0) is 60.2 Å². The monoisotopic (exact) mass is 450 g/mol. The molecule has 0 saturated heterocycles. The lowest BCUT2D eigenvalue weighted by molar-refractivity contribution is -0.130. The number of methoxy groups -OCH3 is 1. The van der Waals surface area contributed by atoms with Gasteiger partial charge in [0.15, 0.2) is 11.5 Å². The molecule has 0 aliphatic carbocycles. The first-order valence-electron chi connectivity index (χ1n) is 10.3. The average Bonchev–Trinajstić information content (AvgIpc) is 3.53. The number of thioether (sulfide) groups is 1. The SMILES string of the molecule is COc1ccc(C2=NN(C(=O)CSc3ccc4c(c3)OCCO4)[C@@H](c3ccco3)C2)cc1. The fourth-order valence-corrected chi connectivity index (χ4v) is 4.50. The van der Waals surface area contributed by atoms with Crippen LogP contribution in [0.1, 0.15) is 23.8 Å². The molecule has 0 unspecified atom stereocenters. The van der Waals surface area contributed by atoms with Crippen molar-refractivity contribution in [2.75, 3.05) is 26.1 Å². The van der Waals surface area contributed by atoms with E-state index in [-0.39, 0.29) is 17.7 Å². The van der Waals surface area contributed by atoms with Crippen LogP contribution in [0, 0.1) is 0 Å². The van der Waals surface area contributed by atoms with Crippen LogP contribution in [0.15, 0.2) is 75.3 Å². The fraction of sp³-hybridized carbons (Fsp3) is 0.250. The Morgan fingerprint density at radius 1 is 1.12 bits per heavy atom. The molecule has 2 aliphatic heterocycles. The Morgan fingerprint density at radius 3 is 2.69 bits per heavy atom. The first-order chi connectivity index (χ1) is 15.7. The number of benzene rings is 2. The van der Waals surface area contributed by atoms with Gasteiger partial charge in [0, 0.05) is 11.3 Å². The second kappa shape index (κ2) is 9.00. The number of hydrogen-bond acceptors (Lipinski definition) is 7. The topological polar surface area (TPSA) is 73.5 Å². The van der Waals surface area contributed by atoms with Crippen molar-refractivity contribution in [3.8, 4) is 17.2 Å². The highest BCUT2D eigenvalue weighted by Crippen LogP contribution is 2.36. The van der Waals surface area contributed by atoms with Crippen molar-refractivity contribution in [1.82, 2.24) is 5.01 Å². The summed E-state index contributed by atoms with van der Waals surface area (Å²) >= 11 is 1.45. The molecular formula is C24H22N2O5S. The number of amides is 1. The van der Waals surface area contributed by atoms with Gasteiger partial charge in [-0.15, -0.1) is 11.8 Å². The summed E-state index contributed by atoms with van der Waals surface area (Å²) < 4.78 is 22.1. The highest BCUT2D eigenvalue weighted by Gasteiger charge is 2.34. The van der Waals surface area contributed by atoms with Crippen molar-refractivity contribution in [2.45, 2.75) is 17.4 Å². The third-order valence-electron chi connectivity index (χ3n) is 5.34. The van der Waals surface area contributed by atoms with Crippen LogP contribution in [0.25, 0.3) is 0 Å². The van der Waals surface area contributed by atoms with Crippen LogP contribution >= 0.6 is 11.8 Å². The van der Waals surface area contributed by atoms with Crippen LogP contribution in [0.4, 0.5) is 0 Å². The van der Waals surface area contributed by atoms with Crippen molar-refractivity contribution in [3.63, 3.8) is 0 Å². The zero-order valence-electron chi connectivity index (χ0n) is 17.5. The maximum Gasteiger partial charge on any atom is 0.253 e. The lowest BCUT2D eigenvalue weighted by Gasteiger charge is -2.20. The number of ether oxygens (including phenoxy) is 3. The van der Waals surface area contributed by atoms with Crippen molar-refractivity contribution in [2.24, 2.45) is 5.10 Å². The maximum atomic E-state index is 13.2. The highest BCUT2D eigenvalue weighted by molar-refractivity contribution is 8.00. The third-order valence-corrected chi connectivity index (χ3v) is 6.32. The molecule has 0 radical (unpaired) electrons. The predicted molar refractivity (Wildman–Crippen MR) is 121 cm³/mol. The molecule has 3 aromatic rings. The molecule has 2 aliphatic rings. The number of hydrazone groups is 1. The van der Waals surface area contributed by atoms with Crippen molar-refractivity contribution < 1.29 is 23.4 Å². The van der Waals surface area contributed by atoms with E-state index in [1.165, 1.54) is 11.8 Å². The molecule has 2 aromatic carbocycles. The molecule has 164 valence electrons. The van der Waals surface area contributed by atoms with E-state index in [4.69, 9.17) is 18.6 Å². The van der Waals surface area contributed by atoms with E-state index in [9.17, 15) is 4.79 Å². The van der Waals surface area contributed by atoms with Gasteiger partial charge >= 0.3 is 0 Å². The summed E-state index contributed by atoms with van der Waals surface area (Å²) in [7, 11) is 1.63. The first kappa shape index (κ1) is 20.5. The Labute approximate surface area is 189 Å². The molecule has 1 aromatic heterocycles. The molecule has 0 bridgehead atoms. The zero-order valence-corrected chi connectivity index (χ0v) is 18.3. The molecule has 3 heterocycles. The lowest BCUT2D eigenvalue weighted by Crippen LogP contribution is -2.28. The number of rotatable bonds is 6. The normalized spacial score (nSPS) is 17.2. The summed E-state index contributed by atoms with van der Waals surface area (Å²) in [4.78, 5) is 14.1. The van der Waals surface area contributed by atoms with E-state index in [1.807, 2.05) is 54.6 Å². The van der Waals surface area contributed by atoms with Crippen molar-refractivity contribution >= 4 is 23.4 Å². The van der Waals surface area contributed by atoms with Gasteiger partial charge < -0.3 is 18.6 Å². The van der Waals surface area contributed by atoms with Gasteiger partial charge in [-0.3, -0.25) is 4.79 Å².